The molecule has 0 spiro atoms. The molecule has 3 fully saturated rings. The summed E-state index contributed by atoms with van der Waals surface area (Å²) < 4.78 is 5.48. The molecular formula is C27H26ClN3O4. The quantitative estimate of drug-likeness (QED) is 0.515. The third kappa shape index (κ3) is 3.65. The Morgan fingerprint density at radius 2 is 1.69 bits per heavy atom. The summed E-state index contributed by atoms with van der Waals surface area (Å²) in [6, 6.07) is 10.6. The Kier molecular flexibility index (Phi) is 5.42. The second-order valence-corrected chi connectivity index (χ2v) is 10.1. The fourth-order valence-electron chi connectivity index (χ4n) is 5.95. The van der Waals surface area contributed by atoms with Gasteiger partial charge in [-0.1, -0.05) is 29.8 Å². The van der Waals surface area contributed by atoms with Crippen LogP contribution in [0.25, 0.3) is 0 Å². The number of anilines is 3. The highest BCUT2D eigenvalue weighted by molar-refractivity contribution is 6.31. The minimum atomic E-state index is -0.325. The maximum absolute atomic E-state index is 13.5. The number of rotatable bonds is 4. The van der Waals surface area contributed by atoms with Gasteiger partial charge in [0.1, 0.15) is 0 Å². The second kappa shape index (κ2) is 8.50. The summed E-state index contributed by atoms with van der Waals surface area (Å²) in [5, 5.41) is 3.49. The fourth-order valence-corrected chi connectivity index (χ4v) is 6.13. The lowest BCUT2D eigenvalue weighted by atomic mass is 9.85. The van der Waals surface area contributed by atoms with Crippen molar-refractivity contribution >= 4 is 46.4 Å². The number of imide groups is 1. The maximum Gasteiger partial charge on any atom is 0.257 e. The van der Waals surface area contributed by atoms with Crippen LogP contribution in [0, 0.1) is 30.6 Å². The van der Waals surface area contributed by atoms with Crippen molar-refractivity contribution in [2.75, 3.05) is 41.4 Å². The predicted molar refractivity (Wildman–Crippen MR) is 134 cm³/mol. The van der Waals surface area contributed by atoms with Crippen molar-refractivity contribution < 1.29 is 19.1 Å². The monoisotopic (exact) mass is 491 g/mol. The molecule has 2 aliphatic carbocycles. The molecule has 3 amide bonds. The van der Waals surface area contributed by atoms with Crippen LogP contribution in [-0.4, -0.2) is 44.0 Å². The summed E-state index contributed by atoms with van der Waals surface area (Å²) in [5.74, 6) is -0.956. The standard InChI is InChI=1S/C27H26ClN3O4/c1-15-2-5-18(13-21(15)28)29-25(32)20-14-19(6-7-22(20)30-8-10-35-11-9-30)31-26(33)23-16-3-4-17(12-16)24(23)27(31)34/h2-7,13-14,16-17,23-24H,8-12H2,1H3,(H,29,32)/t16-,17+,23-,24+. The Bertz CT molecular complexity index is 1240. The Morgan fingerprint density at radius 3 is 2.34 bits per heavy atom. The topological polar surface area (TPSA) is 79.0 Å². The van der Waals surface area contributed by atoms with E-state index in [4.69, 9.17) is 16.3 Å². The van der Waals surface area contributed by atoms with Crippen LogP contribution in [0.2, 0.25) is 5.02 Å². The van der Waals surface area contributed by atoms with E-state index >= 15 is 0 Å². The third-order valence-corrected chi connectivity index (χ3v) is 8.14. The predicted octanol–water partition coefficient (Wildman–Crippen LogP) is 4.05. The minimum Gasteiger partial charge on any atom is -0.378 e. The van der Waals surface area contributed by atoms with Gasteiger partial charge in [-0.15, -0.1) is 0 Å². The van der Waals surface area contributed by atoms with Crippen LogP contribution in [0.4, 0.5) is 17.1 Å². The molecule has 7 nitrogen and oxygen atoms in total. The first-order valence-corrected chi connectivity index (χ1v) is 12.4. The number of hydrogen-bond acceptors (Lipinski definition) is 5. The molecule has 35 heavy (non-hydrogen) atoms. The van der Waals surface area contributed by atoms with Crippen LogP contribution >= 0.6 is 11.6 Å². The van der Waals surface area contributed by atoms with E-state index in [0.717, 1.165) is 17.7 Å². The SMILES string of the molecule is Cc1ccc(NC(=O)c2cc(N3C(=O)[C@@H]4[C@H](C3=O)[C@@H]3C=C[C@H]4C3)ccc2N2CCOCC2)cc1Cl. The van der Waals surface area contributed by atoms with Crippen molar-refractivity contribution in [3.63, 3.8) is 0 Å². The summed E-state index contributed by atoms with van der Waals surface area (Å²) in [6.07, 6.45) is 5.03. The van der Waals surface area contributed by atoms with Gasteiger partial charge in [0.15, 0.2) is 0 Å². The van der Waals surface area contributed by atoms with Crippen molar-refractivity contribution in [2.24, 2.45) is 23.7 Å². The van der Waals surface area contributed by atoms with Crippen molar-refractivity contribution in [2.45, 2.75) is 13.3 Å². The molecule has 2 bridgehead atoms. The first kappa shape index (κ1) is 22.3. The van der Waals surface area contributed by atoms with Crippen LogP contribution < -0.4 is 15.1 Å². The number of fused-ring (bicyclic) bond motifs is 5. The number of benzene rings is 2. The van der Waals surface area contributed by atoms with Crippen LogP contribution in [0.15, 0.2) is 48.6 Å². The van der Waals surface area contributed by atoms with Crippen LogP contribution in [0.5, 0.6) is 0 Å². The van der Waals surface area contributed by atoms with Gasteiger partial charge in [-0.3, -0.25) is 14.4 Å². The molecule has 0 unspecified atom stereocenters. The maximum atomic E-state index is 13.5. The smallest absolute Gasteiger partial charge is 0.257 e. The first-order valence-electron chi connectivity index (χ1n) is 12.0. The number of carbonyl (C=O) groups excluding carboxylic acids is 3. The molecule has 4 aliphatic rings. The summed E-state index contributed by atoms with van der Waals surface area (Å²) in [7, 11) is 0. The van der Waals surface area contributed by atoms with E-state index < -0.39 is 0 Å². The number of ether oxygens (including phenoxy) is 1. The lowest BCUT2D eigenvalue weighted by Gasteiger charge is -2.31. The van der Waals surface area contributed by atoms with Gasteiger partial charge in [0.25, 0.3) is 5.91 Å². The van der Waals surface area contributed by atoms with E-state index in [1.807, 2.05) is 19.1 Å². The van der Waals surface area contributed by atoms with E-state index in [-0.39, 0.29) is 41.4 Å². The first-order chi connectivity index (χ1) is 16.9. The Labute approximate surface area is 208 Å². The molecule has 2 heterocycles. The number of carbonyl (C=O) groups is 3. The summed E-state index contributed by atoms with van der Waals surface area (Å²) in [6.45, 7) is 4.33. The zero-order valence-corrected chi connectivity index (χ0v) is 20.1. The molecule has 4 atom stereocenters. The number of hydrogen-bond donors (Lipinski definition) is 1. The molecule has 1 N–H and O–H groups in total. The Hall–Kier alpha value is -3.16. The molecule has 0 radical (unpaired) electrons. The van der Waals surface area contributed by atoms with Crippen molar-refractivity contribution in [1.29, 1.82) is 0 Å². The highest BCUT2D eigenvalue weighted by Crippen LogP contribution is 2.53. The summed E-state index contributed by atoms with van der Waals surface area (Å²) >= 11 is 6.25. The van der Waals surface area contributed by atoms with Crippen LogP contribution in [-0.2, 0) is 14.3 Å². The Morgan fingerprint density at radius 1 is 1.00 bits per heavy atom. The largest absolute Gasteiger partial charge is 0.378 e. The molecule has 1 saturated carbocycles. The fraction of sp³-hybridized carbons (Fsp3) is 0.370. The van der Waals surface area contributed by atoms with Gasteiger partial charge in [0.2, 0.25) is 11.8 Å². The van der Waals surface area contributed by atoms with Gasteiger partial charge in [-0.05, 0) is 61.1 Å². The average Bonchev–Trinajstić information content (AvgIpc) is 3.55. The second-order valence-electron chi connectivity index (χ2n) is 9.73. The minimum absolute atomic E-state index is 0.133. The summed E-state index contributed by atoms with van der Waals surface area (Å²) in [4.78, 5) is 43.6. The number of amides is 3. The average molecular weight is 492 g/mol. The van der Waals surface area contributed by atoms with Gasteiger partial charge in [0, 0.05) is 29.5 Å². The number of allylic oxidation sites excluding steroid dienone is 2. The number of halogens is 1. The molecule has 6 rings (SSSR count). The van der Waals surface area contributed by atoms with Crippen LogP contribution in [0.1, 0.15) is 22.3 Å². The summed E-state index contributed by atoms with van der Waals surface area (Å²) in [5.41, 5.74) is 3.08. The normalized spacial score (nSPS) is 27.0. The lowest BCUT2D eigenvalue weighted by molar-refractivity contribution is -0.123. The van der Waals surface area contributed by atoms with E-state index in [0.29, 0.717) is 48.3 Å². The zero-order chi connectivity index (χ0) is 24.3. The molecule has 180 valence electrons. The third-order valence-electron chi connectivity index (χ3n) is 7.73. The van der Waals surface area contributed by atoms with Crippen molar-refractivity contribution in [3.8, 4) is 0 Å². The molecule has 2 aliphatic heterocycles. The van der Waals surface area contributed by atoms with Gasteiger partial charge >= 0.3 is 0 Å². The van der Waals surface area contributed by atoms with Gasteiger partial charge in [-0.25, -0.2) is 4.90 Å². The van der Waals surface area contributed by atoms with E-state index in [9.17, 15) is 14.4 Å². The zero-order valence-electron chi connectivity index (χ0n) is 19.4. The van der Waals surface area contributed by atoms with E-state index in [2.05, 4.69) is 22.4 Å². The molecule has 2 aromatic rings. The highest BCUT2D eigenvalue weighted by atomic mass is 35.5. The number of aryl methyl sites for hydroxylation is 1. The van der Waals surface area contributed by atoms with E-state index in [1.54, 1.807) is 24.3 Å². The van der Waals surface area contributed by atoms with Crippen LogP contribution in [0.3, 0.4) is 0 Å². The number of nitrogens with one attached hydrogen (secondary N) is 1. The Balaban J connectivity index is 1.36. The number of morpholine rings is 1. The van der Waals surface area contributed by atoms with Gasteiger partial charge in [0.05, 0.1) is 36.3 Å². The lowest BCUT2D eigenvalue weighted by Crippen LogP contribution is -2.38. The van der Waals surface area contributed by atoms with E-state index in [1.165, 1.54) is 4.90 Å². The van der Waals surface area contributed by atoms with Gasteiger partial charge < -0.3 is 15.0 Å². The molecular weight excluding hydrogens is 466 g/mol. The van der Waals surface area contributed by atoms with Gasteiger partial charge in [-0.2, -0.15) is 0 Å². The highest BCUT2D eigenvalue weighted by Gasteiger charge is 2.59. The van der Waals surface area contributed by atoms with Crippen molar-refractivity contribution in [3.05, 3.63) is 64.7 Å². The molecule has 2 saturated heterocycles. The molecule has 0 aromatic heterocycles. The van der Waals surface area contributed by atoms with Crippen molar-refractivity contribution in [1.82, 2.24) is 0 Å². The number of nitrogens with zero attached hydrogens (tertiary/aromatic N) is 2. The molecule has 8 heteroatoms. The molecule has 2 aromatic carbocycles.